The van der Waals surface area contributed by atoms with Gasteiger partial charge in [-0.15, -0.1) is 0 Å². The summed E-state index contributed by atoms with van der Waals surface area (Å²) in [6.07, 6.45) is 1.87. The van der Waals surface area contributed by atoms with Gasteiger partial charge in [0, 0.05) is 6.21 Å². The summed E-state index contributed by atoms with van der Waals surface area (Å²) in [6, 6.07) is 10.2. The van der Waals surface area contributed by atoms with Crippen LogP contribution in [-0.4, -0.2) is 20.4 Å². The van der Waals surface area contributed by atoms with Crippen molar-refractivity contribution in [1.82, 2.24) is 0 Å². The van der Waals surface area contributed by atoms with Crippen LogP contribution in [0.4, 0.5) is 5.69 Å². The summed E-state index contributed by atoms with van der Waals surface area (Å²) in [6.45, 7) is 6.17. The predicted octanol–water partition coefficient (Wildman–Crippen LogP) is 4.38. The normalized spacial score (nSPS) is 10.9. The Morgan fingerprint density at radius 2 is 1.52 bits per heavy atom. The fourth-order valence-electron chi connectivity index (χ4n) is 2.13. The summed E-state index contributed by atoms with van der Waals surface area (Å²) in [5.74, 6) is 1.45. The summed E-state index contributed by atoms with van der Waals surface area (Å²) in [4.78, 5) is 4.61. The Bertz CT molecular complexity index is 675. The highest BCUT2D eigenvalue weighted by molar-refractivity contribution is 5.85. The van der Waals surface area contributed by atoms with E-state index in [2.05, 4.69) is 37.0 Å². The van der Waals surface area contributed by atoms with E-state index in [-0.39, 0.29) is 0 Å². The second kappa shape index (κ2) is 6.44. The zero-order valence-electron chi connectivity index (χ0n) is 13.2. The van der Waals surface area contributed by atoms with Gasteiger partial charge in [0.1, 0.15) is 0 Å². The van der Waals surface area contributed by atoms with Crippen LogP contribution in [0.15, 0.2) is 35.3 Å². The SMILES string of the molecule is COc1cc(C)c(C=Nc2cc(C)ccc2C)cc1OC. The molecule has 21 heavy (non-hydrogen) atoms. The summed E-state index contributed by atoms with van der Waals surface area (Å²) in [5.41, 5.74) is 5.48. The molecule has 0 amide bonds. The van der Waals surface area contributed by atoms with Crippen LogP contribution in [0.1, 0.15) is 22.3 Å². The molecule has 0 aliphatic carbocycles. The van der Waals surface area contributed by atoms with Crippen molar-refractivity contribution in [2.75, 3.05) is 14.2 Å². The number of nitrogens with zero attached hydrogens (tertiary/aromatic N) is 1. The maximum absolute atomic E-state index is 5.34. The van der Waals surface area contributed by atoms with Gasteiger partial charge < -0.3 is 9.47 Å². The third-order valence-corrected chi connectivity index (χ3v) is 3.48. The largest absolute Gasteiger partial charge is 0.493 e. The van der Waals surface area contributed by atoms with Crippen LogP contribution in [0.2, 0.25) is 0 Å². The van der Waals surface area contributed by atoms with E-state index in [0.717, 1.165) is 28.1 Å². The first-order valence-corrected chi connectivity index (χ1v) is 6.89. The van der Waals surface area contributed by atoms with Gasteiger partial charge in [-0.2, -0.15) is 0 Å². The summed E-state index contributed by atoms with van der Waals surface area (Å²) >= 11 is 0. The fraction of sp³-hybridized carbons (Fsp3) is 0.278. The van der Waals surface area contributed by atoms with Gasteiger partial charge in [-0.25, -0.2) is 0 Å². The zero-order valence-corrected chi connectivity index (χ0v) is 13.2. The van der Waals surface area contributed by atoms with Crippen molar-refractivity contribution in [3.05, 3.63) is 52.6 Å². The highest BCUT2D eigenvalue weighted by Gasteiger charge is 2.07. The standard InChI is InChI=1S/C18H21NO2/c1-12-6-7-13(2)16(8-12)19-11-15-10-18(21-5)17(20-4)9-14(15)3/h6-11H,1-5H3. The number of aliphatic imine (C=N–C) groups is 1. The van der Waals surface area contributed by atoms with E-state index in [9.17, 15) is 0 Å². The van der Waals surface area contributed by atoms with Gasteiger partial charge in [-0.1, -0.05) is 12.1 Å². The van der Waals surface area contributed by atoms with Crippen molar-refractivity contribution in [3.63, 3.8) is 0 Å². The number of aryl methyl sites for hydroxylation is 3. The van der Waals surface area contributed by atoms with Crippen LogP contribution >= 0.6 is 0 Å². The zero-order chi connectivity index (χ0) is 15.4. The lowest BCUT2D eigenvalue weighted by atomic mass is 10.1. The second-order valence-corrected chi connectivity index (χ2v) is 5.11. The van der Waals surface area contributed by atoms with Gasteiger partial charge in [0.15, 0.2) is 11.5 Å². The highest BCUT2D eigenvalue weighted by Crippen LogP contribution is 2.30. The molecule has 0 unspecified atom stereocenters. The number of hydrogen-bond donors (Lipinski definition) is 0. The Kier molecular flexibility index (Phi) is 4.63. The van der Waals surface area contributed by atoms with Crippen molar-refractivity contribution in [3.8, 4) is 11.5 Å². The molecule has 0 atom stereocenters. The average molecular weight is 283 g/mol. The second-order valence-electron chi connectivity index (χ2n) is 5.11. The molecule has 0 saturated carbocycles. The third-order valence-electron chi connectivity index (χ3n) is 3.48. The minimum absolute atomic E-state index is 0.713. The lowest BCUT2D eigenvalue weighted by Crippen LogP contribution is -1.95. The molecule has 0 N–H and O–H groups in total. The van der Waals surface area contributed by atoms with Crippen LogP contribution in [0.5, 0.6) is 11.5 Å². The van der Waals surface area contributed by atoms with Gasteiger partial charge in [-0.05, 0) is 61.2 Å². The number of hydrogen-bond acceptors (Lipinski definition) is 3. The van der Waals surface area contributed by atoms with Gasteiger partial charge >= 0.3 is 0 Å². The van der Waals surface area contributed by atoms with Crippen LogP contribution in [0.3, 0.4) is 0 Å². The van der Waals surface area contributed by atoms with Crippen LogP contribution < -0.4 is 9.47 Å². The fourth-order valence-corrected chi connectivity index (χ4v) is 2.13. The summed E-state index contributed by atoms with van der Waals surface area (Å²) < 4.78 is 10.6. The third kappa shape index (κ3) is 3.43. The first-order chi connectivity index (χ1) is 10.0. The van der Waals surface area contributed by atoms with E-state index in [1.165, 1.54) is 5.56 Å². The van der Waals surface area contributed by atoms with Crippen molar-refractivity contribution in [2.45, 2.75) is 20.8 Å². The molecule has 3 heteroatoms. The Morgan fingerprint density at radius 1 is 0.857 bits per heavy atom. The quantitative estimate of drug-likeness (QED) is 0.780. The highest BCUT2D eigenvalue weighted by atomic mass is 16.5. The molecule has 2 rings (SSSR count). The first kappa shape index (κ1) is 15.1. The Labute approximate surface area is 126 Å². The van der Waals surface area contributed by atoms with E-state index < -0.39 is 0 Å². The Balaban J connectivity index is 2.39. The molecule has 2 aromatic rings. The van der Waals surface area contributed by atoms with Crippen molar-refractivity contribution in [2.24, 2.45) is 4.99 Å². The Hall–Kier alpha value is -2.29. The molecule has 0 saturated heterocycles. The lowest BCUT2D eigenvalue weighted by Gasteiger charge is -2.10. The average Bonchev–Trinajstić information content (AvgIpc) is 2.48. The van der Waals surface area contributed by atoms with E-state index in [4.69, 9.17) is 9.47 Å². The molecular formula is C18H21NO2. The Morgan fingerprint density at radius 3 is 2.19 bits per heavy atom. The van der Waals surface area contributed by atoms with Crippen molar-refractivity contribution in [1.29, 1.82) is 0 Å². The number of benzene rings is 2. The monoisotopic (exact) mass is 283 g/mol. The molecule has 0 aliphatic rings. The summed E-state index contributed by atoms with van der Waals surface area (Å²) in [5, 5.41) is 0. The van der Waals surface area contributed by atoms with Gasteiger partial charge in [0.2, 0.25) is 0 Å². The number of ether oxygens (including phenoxy) is 2. The minimum Gasteiger partial charge on any atom is -0.493 e. The van der Waals surface area contributed by atoms with E-state index >= 15 is 0 Å². The molecule has 0 spiro atoms. The van der Waals surface area contributed by atoms with E-state index in [0.29, 0.717) is 5.75 Å². The van der Waals surface area contributed by atoms with Crippen LogP contribution in [-0.2, 0) is 0 Å². The molecule has 0 bridgehead atoms. The molecule has 3 nitrogen and oxygen atoms in total. The number of rotatable bonds is 4. The van der Waals surface area contributed by atoms with E-state index in [1.54, 1.807) is 14.2 Å². The van der Waals surface area contributed by atoms with Crippen molar-refractivity contribution >= 4 is 11.9 Å². The molecule has 0 aliphatic heterocycles. The number of methoxy groups -OCH3 is 2. The molecule has 2 aromatic carbocycles. The molecule has 110 valence electrons. The molecule has 0 radical (unpaired) electrons. The topological polar surface area (TPSA) is 30.8 Å². The predicted molar refractivity (Wildman–Crippen MR) is 87.5 cm³/mol. The van der Waals surface area contributed by atoms with Gasteiger partial charge in [0.25, 0.3) is 0 Å². The maximum Gasteiger partial charge on any atom is 0.161 e. The van der Waals surface area contributed by atoms with E-state index in [1.807, 2.05) is 25.3 Å². The maximum atomic E-state index is 5.34. The molecule has 0 fully saturated rings. The smallest absolute Gasteiger partial charge is 0.161 e. The first-order valence-electron chi connectivity index (χ1n) is 6.89. The summed E-state index contributed by atoms with van der Waals surface area (Å²) in [7, 11) is 3.28. The minimum atomic E-state index is 0.713. The lowest BCUT2D eigenvalue weighted by molar-refractivity contribution is 0.354. The van der Waals surface area contributed by atoms with Gasteiger partial charge in [-0.3, -0.25) is 4.99 Å². The molecule has 0 aromatic heterocycles. The molecular weight excluding hydrogens is 262 g/mol. The molecule has 0 heterocycles. The van der Waals surface area contributed by atoms with Crippen molar-refractivity contribution < 1.29 is 9.47 Å². The van der Waals surface area contributed by atoms with Crippen LogP contribution in [0.25, 0.3) is 0 Å². The van der Waals surface area contributed by atoms with Crippen LogP contribution in [0, 0.1) is 20.8 Å². The van der Waals surface area contributed by atoms with Gasteiger partial charge in [0.05, 0.1) is 19.9 Å².